The first-order chi connectivity index (χ1) is 14.6. The van der Waals surface area contributed by atoms with Gasteiger partial charge in [-0.15, -0.1) is 0 Å². The molecule has 0 aliphatic rings. The van der Waals surface area contributed by atoms with Crippen LogP contribution in [0, 0.1) is 4.77 Å². The molecule has 0 radical (unpaired) electrons. The van der Waals surface area contributed by atoms with E-state index in [1.807, 2.05) is 60.7 Å². The van der Waals surface area contributed by atoms with E-state index in [4.69, 9.17) is 40.2 Å². The van der Waals surface area contributed by atoms with E-state index in [9.17, 15) is 0 Å². The van der Waals surface area contributed by atoms with Crippen LogP contribution in [0.25, 0.3) is 11.4 Å². The zero-order valence-electron chi connectivity index (χ0n) is 15.8. The first-order valence-corrected chi connectivity index (χ1v) is 10.4. The van der Waals surface area contributed by atoms with E-state index < -0.39 is 0 Å². The first-order valence-electron chi connectivity index (χ1n) is 9.22. The van der Waals surface area contributed by atoms with Gasteiger partial charge in [0.25, 0.3) is 0 Å². The molecule has 0 saturated heterocycles. The van der Waals surface area contributed by atoms with Crippen LogP contribution in [-0.2, 0) is 13.2 Å². The van der Waals surface area contributed by atoms with E-state index in [0.717, 1.165) is 28.3 Å². The molecule has 4 aromatic rings. The molecule has 1 aromatic heterocycles. The van der Waals surface area contributed by atoms with Gasteiger partial charge in [-0.2, -0.15) is 5.10 Å². The molecule has 0 fully saturated rings. The average Bonchev–Trinajstić information content (AvgIpc) is 3.13. The summed E-state index contributed by atoms with van der Waals surface area (Å²) in [6.45, 7) is 0.954. The van der Waals surface area contributed by atoms with Crippen LogP contribution in [-0.4, -0.2) is 14.9 Å². The summed E-state index contributed by atoms with van der Waals surface area (Å²) in [5.74, 6) is 1.50. The van der Waals surface area contributed by atoms with Crippen molar-refractivity contribution in [2.45, 2.75) is 13.2 Å². The molecule has 0 unspecified atom stereocenters. The molecule has 1 heterocycles. The summed E-state index contributed by atoms with van der Waals surface area (Å²) in [6, 6.07) is 23.1. The minimum atomic E-state index is 0.373. The lowest BCUT2D eigenvalue weighted by atomic mass is 10.2. The molecule has 30 heavy (non-hydrogen) atoms. The standard InChI is InChI=1S/C22H18Cl2N4OS/c23-18-9-8-17(20(24)12-18)14-29-19-10-6-15(7-11-19)13-25-28-21(26-27-22(28)30)16-4-2-1-3-5-16/h1-12,25H,13-14H2,(H,27,30). The number of nitrogens with one attached hydrogen (secondary N) is 2. The van der Waals surface area contributed by atoms with Crippen molar-refractivity contribution in [3.05, 3.63) is 98.7 Å². The lowest BCUT2D eigenvalue weighted by molar-refractivity contribution is 0.306. The van der Waals surface area contributed by atoms with Crippen LogP contribution in [0.1, 0.15) is 11.1 Å². The number of hydrogen-bond acceptors (Lipinski definition) is 4. The van der Waals surface area contributed by atoms with Crippen molar-refractivity contribution in [2.75, 3.05) is 5.43 Å². The molecule has 2 N–H and O–H groups in total. The predicted molar refractivity (Wildman–Crippen MR) is 123 cm³/mol. The largest absolute Gasteiger partial charge is 0.489 e. The van der Waals surface area contributed by atoms with Gasteiger partial charge in [-0.1, -0.05) is 71.7 Å². The predicted octanol–water partition coefficient (Wildman–Crippen LogP) is 6.24. The topological polar surface area (TPSA) is 54.9 Å². The van der Waals surface area contributed by atoms with Gasteiger partial charge in [0.2, 0.25) is 4.77 Å². The van der Waals surface area contributed by atoms with Gasteiger partial charge in [-0.25, -0.2) is 9.77 Å². The maximum absolute atomic E-state index is 6.19. The smallest absolute Gasteiger partial charge is 0.214 e. The second-order valence-corrected chi connectivity index (χ2v) is 7.79. The van der Waals surface area contributed by atoms with Crippen LogP contribution in [0.4, 0.5) is 0 Å². The van der Waals surface area contributed by atoms with Gasteiger partial charge in [0.1, 0.15) is 12.4 Å². The molecular formula is C22H18Cl2N4OS. The summed E-state index contributed by atoms with van der Waals surface area (Å²) < 4.78 is 8.11. The van der Waals surface area contributed by atoms with Gasteiger partial charge in [-0.3, -0.25) is 0 Å². The van der Waals surface area contributed by atoms with Crippen molar-refractivity contribution >= 4 is 35.4 Å². The lowest BCUT2D eigenvalue weighted by Crippen LogP contribution is -2.15. The SMILES string of the molecule is S=c1[nH]nc(-c2ccccc2)n1NCc1ccc(OCc2ccc(Cl)cc2Cl)cc1. The molecule has 0 atom stereocenters. The Morgan fingerprint density at radius 2 is 1.77 bits per heavy atom. The fraction of sp³-hybridized carbons (Fsp3) is 0.0909. The third-order valence-electron chi connectivity index (χ3n) is 4.48. The van der Waals surface area contributed by atoms with E-state index in [1.165, 1.54) is 0 Å². The highest BCUT2D eigenvalue weighted by Gasteiger charge is 2.08. The van der Waals surface area contributed by atoms with Gasteiger partial charge in [0.05, 0.1) is 6.54 Å². The molecule has 0 bridgehead atoms. The van der Waals surface area contributed by atoms with Crippen molar-refractivity contribution in [3.8, 4) is 17.1 Å². The number of nitrogens with zero attached hydrogens (tertiary/aromatic N) is 2. The molecule has 3 aromatic carbocycles. The molecule has 5 nitrogen and oxygen atoms in total. The summed E-state index contributed by atoms with van der Waals surface area (Å²) in [6.07, 6.45) is 0. The number of hydrogen-bond donors (Lipinski definition) is 2. The van der Waals surface area contributed by atoms with Crippen molar-refractivity contribution < 1.29 is 4.74 Å². The van der Waals surface area contributed by atoms with Crippen molar-refractivity contribution in [3.63, 3.8) is 0 Å². The maximum Gasteiger partial charge on any atom is 0.214 e. The van der Waals surface area contributed by atoms with Crippen LogP contribution >= 0.6 is 35.4 Å². The van der Waals surface area contributed by atoms with E-state index in [1.54, 1.807) is 16.8 Å². The molecule has 8 heteroatoms. The van der Waals surface area contributed by atoms with Gasteiger partial charge < -0.3 is 10.2 Å². The molecule has 0 saturated carbocycles. The Bertz CT molecular complexity index is 1190. The van der Waals surface area contributed by atoms with Gasteiger partial charge in [0.15, 0.2) is 5.82 Å². The first kappa shape index (κ1) is 20.5. The number of halogens is 2. The Morgan fingerprint density at radius 3 is 2.50 bits per heavy atom. The Hall–Kier alpha value is -2.80. The third-order valence-corrected chi connectivity index (χ3v) is 5.34. The number of aromatic nitrogens is 3. The molecule has 0 amide bonds. The number of H-pyrrole nitrogens is 1. The van der Waals surface area contributed by atoms with Gasteiger partial charge >= 0.3 is 0 Å². The highest BCUT2D eigenvalue weighted by Crippen LogP contribution is 2.23. The number of benzene rings is 3. The van der Waals surface area contributed by atoms with Crippen molar-refractivity contribution in [2.24, 2.45) is 0 Å². The Morgan fingerprint density at radius 1 is 1.00 bits per heavy atom. The number of ether oxygens (including phenoxy) is 1. The molecule has 0 aliphatic heterocycles. The molecule has 4 rings (SSSR count). The fourth-order valence-electron chi connectivity index (χ4n) is 2.90. The zero-order chi connectivity index (χ0) is 20.9. The average molecular weight is 457 g/mol. The summed E-state index contributed by atoms with van der Waals surface area (Å²) in [5.41, 5.74) is 6.25. The third kappa shape index (κ3) is 4.84. The minimum absolute atomic E-state index is 0.373. The van der Waals surface area contributed by atoms with E-state index >= 15 is 0 Å². The highest BCUT2D eigenvalue weighted by molar-refractivity contribution is 7.71. The second kappa shape index (κ2) is 9.34. The minimum Gasteiger partial charge on any atom is -0.489 e. The van der Waals surface area contributed by atoms with Gasteiger partial charge in [-0.05, 0) is 42.0 Å². The second-order valence-electron chi connectivity index (χ2n) is 6.56. The normalized spacial score (nSPS) is 10.7. The fourth-order valence-corrected chi connectivity index (χ4v) is 3.56. The number of rotatable bonds is 7. The Balaban J connectivity index is 1.39. The van der Waals surface area contributed by atoms with Crippen LogP contribution in [0.5, 0.6) is 5.75 Å². The van der Waals surface area contributed by atoms with Crippen molar-refractivity contribution in [1.29, 1.82) is 0 Å². The van der Waals surface area contributed by atoms with Crippen LogP contribution < -0.4 is 10.2 Å². The summed E-state index contributed by atoms with van der Waals surface area (Å²) in [7, 11) is 0. The van der Waals surface area contributed by atoms with Crippen LogP contribution in [0.15, 0.2) is 72.8 Å². The van der Waals surface area contributed by atoms with Gasteiger partial charge in [0, 0.05) is 21.2 Å². The lowest BCUT2D eigenvalue weighted by Gasteiger charge is -2.11. The highest BCUT2D eigenvalue weighted by atomic mass is 35.5. The molecule has 0 aliphatic carbocycles. The summed E-state index contributed by atoms with van der Waals surface area (Å²) in [4.78, 5) is 0. The summed E-state index contributed by atoms with van der Waals surface area (Å²) in [5, 5.41) is 8.36. The van der Waals surface area contributed by atoms with Crippen molar-refractivity contribution in [1.82, 2.24) is 14.9 Å². The number of aromatic amines is 1. The van der Waals surface area contributed by atoms with Crippen LogP contribution in [0.3, 0.4) is 0 Å². The molecule has 152 valence electrons. The van der Waals surface area contributed by atoms with E-state index in [0.29, 0.717) is 28.0 Å². The Kier molecular flexibility index (Phi) is 6.38. The maximum atomic E-state index is 6.19. The van der Waals surface area contributed by atoms with Crippen LogP contribution in [0.2, 0.25) is 10.0 Å². The quantitative estimate of drug-likeness (QED) is 0.323. The van der Waals surface area contributed by atoms with E-state index in [-0.39, 0.29) is 0 Å². The molecular weight excluding hydrogens is 439 g/mol. The zero-order valence-corrected chi connectivity index (χ0v) is 18.1. The van der Waals surface area contributed by atoms with E-state index in [2.05, 4.69) is 15.6 Å². The monoisotopic (exact) mass is 456 g/mol. The molecule has 0 spiro atoms. The summed E-state index contributed by atoms with van der Waals surface area (Å²) >= 11 is 17.5. The Labute approximate surface area is 189 Å².